The van der Waals surface area contributed by atoms with E-state index in [9.17, 15) is 4.39 Å². The molecule has 0 aliphatic heterocycles. The van der Waals surface area contributed by atoms with Crippen LogP contribution in [0.3, 0.4) is 0 Å². The van der Waals surface area contributed by atoms with Gasteiger partial charge in [-0.3, -0.25) is 0 Å². The summed E-state index contributed by atoms with van der Waals surface area (Å²) in [5.41, 5.74) is 2.35. The zero-order valence-electron chi connectivity index (χ0n) is 13.8. The molecule has 0 amide bonds. The highest BCUT2D eigenvalue weighted by Crippen LogP contribution is 2.25. The minimum absolute atomic E-state index is 0.308. The number of benzene rings is 2. The number of halogens is 2. The molecular formula is C19H12ClFN4OS. The summed E-state index contributed by atoms with van der Waals surface area (Å²) in [6, 6.07) is 17.2. The lowest BCUT2D eigenvalue weighted by molar-refractivity contribution is 0.391. The van der Waals surface area contributed by atoms with E-state index in [1.54, 1.807) is 12.1 Å². The average Bonchev–Trinajstić information content (AvgIpc) is 3.16. The van der Waals surface area contributed by atoms with Crippen LogP contribution in [0.15, 0.2) is 70.2 Å². The lowest BCUT2D eigenvalue weighted by Gasteiger charge is -2.02. The van der Waals surface area contributed by atoms with Gasteiger partial charge in [-0.05, 0) is 48.5 Å². The standard InChI is InChI=1S/C19H12ClFN4OS/c20-14-3-1-2-13(10-14)16-8-9-18(24-23-16)27-11-17-22-19(25-26-17)12-4-6-15(21)7-5-12/h1-10H,11H2. The Kier molecular flexibility index (Phi) is 5.13. The highest BCUT2D eigenvalue weighted by atomic mass is 35.5. The second-order valence-corrected chi connectivity index (χ2v) is 7.01. The number of aromatic nitrogens is 4. The molecule has 134 valence electrons. The molecule has 2 heterocycles. The molecule has 2 aromatic carbocycles. The lowest BCUT2D eigenvalue weighted by Crippen LogP contribution is -1.90. The molecule has 0 saturated carbocycles. The van der Waals surface area contributed by atoms with E-state index in [4.69, 9.17) is 16.1 Å². The Balaban J connectivity index is 1.41. The SMILES string of the molecule is Fc1ccc(-c2noc(CSc3ccc(-c4cccc(Cl)c4)nn3)n2)cc1. The molecule has 0 atom stereocenters. The quantitative estimate of drug-likeness (QED) is 0.426. The highest BCUT2D eigenvalue weighted by Gasteiger charge is 2.10. The van der Waals surface area contributed by atoms with E-state index < -0.39 is 0 Å². The Hall–Kier alpha value is -2.77. The first-order chi connectivity index (χ1) is 13.2. The van der Waals surface area contributed by atoms with Crippen molar-refractivity contribution in [3.63, 3.8) is 0 Å². The van der Waals surface area contributed by atoms with Crippen LogP contribution in [0.25, 0.3) is 22.6 Å². The van der Waals surface area contributed by atoms with E-state index in [1.807, 2.05) is 36.4 Å². The summed E-state index contributed by atoms with van der Waals surface area (Å²) >= 11 is 7.44. The van der Waals surface area contributed by atoms with E-state index in [-0.39, 0.29) is 5.82 Å². The van der Waals surface area contributed by atoms with Crippen LogP contribution in [0.5, 0.6) is 0 Å². The van der Waals surface area contributed by atoms with Crippen molar-refractivity contribution in [3.8, 4) is 22.6 Å². The van der Waals surface area contributed by atoms with Crippen molar-refractivity contribution < 1.29 is 8.91 Å². The van der Waals surface area contributed by atoms with Gasteiger partial charge < -0.3 is 4.52 Å². The van der Waals surface area contributed by atoms with Gasteiger partial charge in [-0.15, -0.1) is 10.2 Å². The first-order valence-electron chi connectivity index (χ1n) is 7.98. The molecule has 0 saturated heterocycles. The van der Waals surface area contributed by atoms with Gasteiger partial charge in [0.05, 0.1) is 11.4 Å². The molecule has 0 bridgehead atoms. The molecule has 0 radical (unpaired) electrons. The van der Waals surface area contributed by atoms with Gasteiger partial charge in [0.15, 0.2) is 0 Å². The predicted octanol–water partition coefficient (Wildman–Crippen LogP) is 5.28. The third kappa shape index (κ3) is 4.32. The molecule has 0 spiro atoms. The summed E-state index contributed by atoms with van der Waals surface area (Å²) in [6.45, 7) is 0. The second-order valence-electron chi connectivity index (χ2n) is 5.57. The number of rotatable bonds is 5. The monoisotopic (exact) mass is 398 g/mol. The minimum atomic E-state index is -0.308. The lowest BCUT2D eigenvalue weighted by atomic mass is 10.1. The minimum Gasteiger partial charge on any atom is -0.338 e. The van der Waals surface area contributed by atoms with Crippen LogP contribution >= 0.6 is 23.4 Å². The summed E-state index contributed by atoms with van der Waals surface area (Å²) < 4.78 is 18.2. The Morgan fingerprint density at radius 2 is 1.81 bits per heavy atom. The predicted molar refractivity (Wildman–Crippen MR) is 102 cm³/mol. The first-order valence-corrected chi connectivity index (χ1v) is 9.35. The summed E-state index contributed by atoms with van der Waals surface area (Å²) in [5, 5.41) is 13.8. The van der Waals surface area contributed by atoms with Crippen molar-refractivity contribution in [2.75, 3.05) is 0 Å². The molecule has 0 aliphatic carbocycles. The van der Waals surface area contributed by atoms with Crippen molar-refractivity contribution in [1.82, 2.24) is 20.3 Å². The molecule has 0 unspecified atom stereocenters. The summed E-state index contributed by atoms with van der Waals surface area (Å²) in [5.74, 6) is 1.03. The third-order valence-electron chi connectivity index (χ3n) is 3.67. The van der Waals surface area contributed by atoms with E-state index in [2.05, 4.69) is 20.3 Å². The average molecular weight is 399 g/mol. The van der Waals surface area contributed by atoms with Crippen LogP contribution in [-0.4, -0.2) is 20.3 Å². The van der Waals surface area contributed by atoms with Crippen molar-refractivity contribution in [3.05, 3.63) is 77.4 Å². The van der Waals surface area contributed by atoms with Crippen molar-refractivity contribution >= 4 is 23.4 Å². The first kappa shape index (κ1) is 17.6. The van der Waals surface area contributed by atoms with Gasteiger partial charge in [0.2, 0.25) is 11.7 Å². The Labute approximate surface area is 163 Å². The molecule has 5 nitrogen and oxygen atoms in total. The smallest absolute Gasteiger partial charge is 0.237 e. The van der Waals surface area contributed by atoms with Gasteiger partial charge in [0.25, 0.3) is 0 Å². The molecule has 0 fully saturated rings. The molecular weight excluding hydrogens is 387 g/mol. The van der Waals surface area contributed by atoms with Crippen molar-refractivity contribution in [2.24, 2.45) is 0 Å². The Bertz CT molecular complexity index is 1050. The molecule has 4 rings (SSSR count). The fraction of sp³-hybridized carbons (Fsp3) is 0.0526. The normalized spacial score (nSPS) is 10.9. The van der Waals surface area contributed by atoms with Gasteiger partial charge in [-0.25, -0.2) is 4.39 Å². The van der Waals surface area contributed by atoms with Crippen molar-refractivity contribution in [2.45, 2.75) is 10.8 Å². The van der Waals surface area contributed by atoms with Crippen molar-refractivity contribution in [1.29, 1.82) is 0 Å². The molecule has 8 heteroatoms. The maximum Gasteiger partial charge on any atom is 0.237 e. The number of hydrogen-bond acceptors (Lipinski definition) is 6. The van der Waals surface area contributed by atoms with Gasteiger partial charge in [0.1, 0.15) is 10.8 Å². The Morgan fingerprint density at radius 1 is 0.963 bits per heavy atom. The second kappa shape index (κ2) is 7.85. The topological polar surface area (TPSA) is 64.7 Å². The fourth-order valence-corrected chi connectivity index (χ4v) is 3.21. The molecule has 4 aromatic rings. The molecule has 2 aromatic heterocycles. The zero-order valence-corrected chi connectivity index (χ0v) is 15.4. The zero-order chi connectivity index (χ0) is 18.6. The molecule has 0 aliphatic rings. The van der Waals surface area contributed by atoms with Gasteiger partial charge >= 0.3 is 0 Å². The van der Waals surface area contributed by atoms with Gasteiger partial charge in [-0.1, -0.05) is 40.7 Å². The number of thioether (sulfide) groups is 1. The van der Waals surface area contributed by atoms with Gasteiger partial charge in [-0.2, -0.15) is 4.98 Å². The van der Waals surface area contributed by atoms with Crippen LogP contribution in [0.4, 0.5) is 4.39 Å². The maximum atomic E-state index is 13.0. The van der Waals surface area contributed by atoms with Crippen LogP contribution in [-0.2, 0) is 5.75 Å². The number of hydrogen-bond donors (Lipinski definition) is 0. The van der Waals surface area contributed by atoms with Crippen LogP contribution < -0.4 is 0 Å². The third-order valence-corrected chi connectivity index (χ3v) is 4.81. The summed E-state index contributed by atoms with van der Waals surface area (Å²) in [6.07, 6.45) is 0. The van der Waals surface area contributed by atoms with E-state index in [1.165, 1.54) is 23.9 Å². The number of nitrogens with zero attached hydrogens (tertiary/aromatic N) is 4. The summed E-state index contributed by atoms with van der Waals surface area (Å²) in [4.78, 5) is 4.32. The largest absolute Gasteiger partial charge is 0.338 e. The van der Waals surface area contributed by atoms with Crippen LogP contribution in [0, 0.1) is 5.82 Å². The summed E-state index contributed by atoms with van der Waals surface area (Å²) in [7, 11) is 0. The van der Waals surface area contributed by atoms with Crippen LogP contribution in [0.2, 0.25) is 5.02 Å². The highest BCUT2D eigenvalue weighted by molar-refractivity contribution is 7.98. The fourth-order valence-electron chi connectivity index (χ4n) is 2.36. The van der Waals surface area contributed by atoms with Gasteiger partial charge in [0, 0.05) is 16.1 Å². The van der Waals surface area contributed by atoms with Crippen LogP contribution in [0.1, 0.15) is 5.89 Å². The molecule has 27 heavy (non-hydrogen) atoms. The maximum absolute atomic E-state index is 13.0. The molecule has 0 N–H and O–H groups in total. The van der Waals surface area contributed by atoms with E-state index >= 15 is 0 Å². The van der Waals surface area contributed by atoms with E-state index in [0.717, 1.165) is 16.3 Å². The van der Waals surface area contributed by atoms with E-state index in [0.29, 0.717) is 28.1 Å². The Morgan fingerprint density at radius 3 is 2.56 bits per heavy atom.